The summed E-state index contributed by atoms with van der Waals surface area (Å²) >= 11 is 5.89. The van der Waals surface area contributed by atoms with Gasteiger partial charge in [0.1, 0.15) is 12.4 Å². The summed E-state index contributed by atoms with van der Waals surface area (Å²) in [6, 6.07) is 4.69. The second-order valence-corrected chi connectivity index (χ2v) is 6.69. The van der Waals surface area contributed by atoms with E-state index in [1.165, 1.54) is 6.07 Å². The molecular weight excluding hydrogens is 298 g/mol. The van der Waals surface area contributed by atoms with Crippen LogP contribution in [0.25, 0.3) is 0 Å². The van der Waals surface area contributed by atoms with Gasteiger partial charge in [-0.15, -0.1) is 0 Å². The summed E-state index contributed by atoms with van der Waals surface area (Å²) in [7, 11) is -3.47. The van der Waals surface area contributed by atoms with E-state index in [4.69, 9.17) is 11.6 Å². The number of hydrogen-bond acceptors (Lipinski definition) is 2. The molecule has 0 atom stereocenters. The molecule has 0 aliphatic heterocycles. The van der Waals surface area contributed by atoms with Crippen LogP contribution in [-0.2, 0) is 16.6 Å². The Bertz CT molecular complexity index is 669. The van der Waals surface area contributed by atoms with Crippen molar-refractivity contribution in [3.8, 4) is 0 Å². The third-order valence-corrected chi connectivity index (χ3v) is 4.81. The van der Waals surface area contributed by atoms with Crippen LogP contribution in [0.1, 0.15) is 12.0 Å². The summed E-state index contributed by atoms with van der Waals surface area (Å²) in [5.41, 5.74) is 0.748. The van der Waals surface area contributed by atoms with E-state index in [2.05, 4.69) is 9.71 Å². The lowest BCUT2D eigenvalue weighted by Gasteiger charge is -2.07. The van der Waals surface area contributed by atoms with Gasteiger partial charge in [-0.1, -0.05) is 11.6 Å². The van der Waals surface area contributed by atoms with Crippen molar-refractivity contribution in [2.75, 3.05) is 6.54 Å². The van der Waals surface area contributed by atoms with E-state index in [1.54, 1.807) is 19.1 Å². The van der Waals surface area contributed by atoms with Gasteiger partial charge < -0.3 is 0 Å². The highest BCUT2D eigenvalue weighted by molar-refractivity contribution is 7.89. The Morgan fingerprint density at radius 2 is 2.20 bits per heavy atom. The molecule has 108 valence electrons. The number of H-pyrrole nitrogens is 1. The lowest BCUT2D eigenvalue weighted by molar-refractivity contribution is -0.695. The van der Waals surface area contributed by atoms with Crippen molar-refractivity contribution in [1.29, 1.82) is 0 Å². The molecule has 1 aromatic heterocycles. The molecule has 0 radical (unpaired) electrons. The molecule has 20 heavy (non-hydrogen) atoms. The summed E-state index contributed by atoms with van der Waals surface area (Å²) < 4.78 is 28.7. The first-order valence-corrected chi connectivity index (χ1v) is 8.13. The van der Waals surface area contributed by atoms with Crippen molar-refractivity contribution in [2.45, 2.75) is 24.8 Å². The van der Waals surface area contributed by atoms with Crippen LogP contribution in [0.15, 0.2) is 41.8 Å². The van der Waals surface area contributed by atoms with Crippen LogP contribution in [0.2, 0.25) is 5.02 Å². The first-order valence-electron chi connectivity index (χ1n) is 6.27. The molecule has 0 saturated carbocycles. The van der Waals surface area contributed by atoms with Gasteiger partial charge in [0.25, 0.3) is 0 Å². The smallest absolute Gasteiger partial charge is 0.241 e. The fourth-order valence-electron chi connectivity index (χ4n) is 1.80. The summed E-state index contributed by atoms with van der Waals surface area (Å²) in [6.07, 6.45) is 6.27. The van der Waals surface area contributed by atoms with Gasteiger partial charge in [-0.25, -0.2) is 17.7 Å². The Balaban J connectivity index is 1.92. The minimum Gasteiger partial charge on any atom is -0.250 e. The largest absolute Gasteiger partial charge is 0.250 e. The number of halogens is 1. The van der Waals surface area contributed by atoms with E-state index in [9.17, 15) is 8.42 Å². The molecular formula is C13H17ClN3O2S+. The maximum atomic E-state index is 12.1. The number of nitrogens with zero attached hydrogens (tertiary/aromatic N) is 1. The Hall–Kier alpha value is -1.37. The van der Waals surface area contributed by atoms with Crippen LogP contribution in [0.3, 0.4) is 0 Å². The molecule has 0 fully saturated rings. The van der Waals surface area contributed by atoms with Crippen molar-refractivity contribution in [3.05, 3.63) is 47.5 Å². The molecule has 0 amide bonds. The molecule has 2 N–H and O–H groups in total. The van der Waals surface area contributed by atoms with Crippen LogP contribution in [0.4, 0.5) is 0 Å². The maximum absolute atomic E-state index is 12.1. The van der Waals surface area contributed by atoms with Gasteiger partial charge in [-0.3, -0.25) is 4.98 Å². The summed E-state index contributed by atoms with van der Waals surface area (Å²) in [5, 5.41) is 0.563. The highest BCUT2D eigenvalue weighted by Gasteiger charge is 2.14. The van der Waals surface area contributed by atoms with Crippen LogP contribution in [0.5, 0.6) is 0 Å². The van der Waals surface area contributed by atoms with Gasteiger partial charge in [-0.05, 0) is 37.1 Å². The fourth-order valence-corrected chi connectivity index (χ4v) is 3.07. The highest BCUT2D eigenvalue weighted by atomic mass is 35.5. The normalized spacial score (nSPS) is 11.7. The molecule has 7 heteroatoms. The third kappa shape index (κ3) is 3.82. The molecule has 2 aromatic rings. The second kappa shape index (κ2) is 6.39. The molecule has 5 nitrogen and oxygen atoms in total. The minimum absolute atomic E-state index is 0.244. The van der Waals surface area contributed by atoms with E-state index in [0.29, 0.717) is 18.0 Å². The molecule has 0 unspecified atom stereocenters. The van der Waals surface area contributed by atoms with Crippen LogP contribution in [-0.4, -0.2) is 19.9 Å². The molecule has 1 heterocycles. The van der Waals surface area contributed by atoms with Crippen molar-refractivity contribution in [2.24, 2.45) is 0 Å². The van der Waals surface area contributed by atoms with E-state index in [1.807, 2.05) is 23.3 Å². The predicted molar refractivity (Wildman–Crippen MR) is 77.0 cm³/mol. The Labute approximate surface area is 123 Å². The van der Waals surface area contributed by atoms with Crippen LogP contribution in [0, 0.1) is 6.92 Å². The van der Waals surface area contributed by atoms with Gasteiger partial charge in [0.05, 0.1) is 11.4 Å². The van der Waals surface area contributed by atoms with Gasteiger partial charge in [-0.2, -0.15) is 0 Å². The van der Waals surface area contributed by atoms with Gasteiger partial charge in [0.2, 0.25) is 16.4 Å². The maximum Gasteiger partial charge on any atom is 0.241 e. The Morgan fingerprint density at radius 1 is 1.40 bits per heavy atom. The average molecular weight is 315 g/mol. The van der Waals surface area contributed by atoms with Crippen molar-refractivity contribution >= 4 is 21.6 Å². The standard InChI is InChI=1S/C13H16ClN3O2S/c1-11-9-12(3-4-13(11)14)20(18,19)16-5-2-7-17-8-6-15-10-17/h3-4,6,8-10,16H,2,5,7H2,1H3/p+1. The number of aromatic amines is 1. The average Bonchev–Trinajstić information content (AvgIpc) is 2.91. The number of imidazole rings is 1. The number of nitrogens with one attached hydrogen (secondary N) is 2. The van der Waals surface area contributed by atoms with Gasteiger partial charge >= 0.3 is 0 Å². The first kappa shape index (κ1) is 15.0. The fraction of sp³-hybridized carbons (Fsp3) is 0.308. The van der Waals surface area contributed by atoms with E-state index < -0.39 is 10.0 Å². The van der Waals surface area contributed by atoms with Gasteiger partial charge in [0.15, 0.2) is 0 Å². The zero-order chi connectivity index (χ0) is 14.6. The molecule has 0 bridgehead atoms. The minimum atomic E-state index is -3.47. The Kier molecular flexibility index (Phi) is 4.80. The zero-order valence-electron chi connectivity index (χ0n) is 11.1. The lowest BCUT2D eigenvalue weighted by Crippen LogP contribution is -2.33. The number of benzene rings is 1. The molecule has 2 rings (SSSR count). The van der Waals surface area contributed by atoms with E-state index >= 15 is 0 Å². The summed E-state index contributed by atoms with van der Waals surface area (Å²) in [5.74, 6) is 0. The number of aromatic nitrogens is 2. The molecule has 0 aliphatic carbocycles. The van der Waals surface area contributed by atoms with Crippen molar-refractivity contribution < 1.29 is 13.0 Å². The summed E-state index contributed by atoms with van der Waals surface area (Å²) in [4.78, 5) is 3.18. The quantitative estimate of drug-likeness (QED) is 0.629. The lowest BCUT2D eigenvalue weighted by atomic mass is 10.2. The molecule has 0 saturated heterocycles. The van der Waals surface area contributed by atoms with E-state index in [0.717, 1.165) is 12.1 Å². The number of aryl methyl sites for hydroxylation is 2. The van der Waals surface area contributed by atoms with E-state index in [-0.39, 0.29) is 4.90 Å². The number of hydrogen-bond donors (Lipinski definition) is 2. The molecule has 0 spiro atoms. The van der Waals surface area contributed by atoms with Crippen LogP contribution >= 0.6 is 11.6 Å². The second-order valence-electron chi connectivity index (χ2n) is 4.51. The van der Waals surface area contributed by atoms with Crippen molar-refractivity contribution in [1.82, 2.24) is 9.71 Å². The monoisotopic (exact) mass is 314 g/mol. The Morgan fingerprint density at radius 3 is 2.85 bits per heavy atom. The molecule has 1 aromatic carbocycles. The number of sulfonamides is 1. The number of rotatable bonds is 6. The SMILES string of the molecule is Cc1cc(S(=O)(=O)NCCC[n+]2cc[nH]c2)ccc1Cl. The van der Waals surface area contributed by atoms with Gasteiger partial charge in [0, 0.05) is 11.6 Å². The summed E-state index contributed by atoms with van der Waals surface area (Å²) in [6.45, 7) is 2.93. The zero-order valence-corrected chi connectivity index (χ0v) is 12.7. The first-order chi connectivity index (χ1) is 9.49. The highest BCUT2D eigenvalue weighted by Crippen LogP contribution is 2.19. The predicted octanol–water partition coefficient (Wildman–Crippen LogP) is 1.63. The topological polar surface area (TPSA) is 65.8 Å². The third-order valence-electron chi connectivity index (χ3n) is 2.93. The van der Waals surface area contributed by atoms with Crippen LogP contribution < -0.4 is 9.29 Å². The van der Waals surface area contributed by atoms with Crippen molar-refractivity contribution in [3.63, 3.8) is 0 Å². The molecule has 0 aliphatic rings.